The number of esters is 4. The Balaban J connectivity index is 5.23. The lowest BCUT2D eigenvalue weighted by atomic mass is 9.99. The lowest BCUT2D eigenvalue weighted by Crippen LogP contribution is -2.30. The van der Waals surface area contributed by atoms with Gasteiger partial charge in [-0.15, -0.1) is 0 Å². The van der Waals surface area contributed by atoms with Crippen LogP contribution >= 0.6 is 15.6 Å². The van der Waals surface area contributed by atoms with Gasteiger partial charge in [-0.2, -0.15) is 0 Å². The van der Waals surface area contributed by atoms with Crippen molar-refractivity contribution in [1.82, 2.24) is 0 Å². The molecular weight excluding hydrogens is 1230 g/mol. The maximum atomic E-state index is 13.1. The predicted molar refractivity (Wildman–Crippen MR) is 381 cm³/mol. The van der Waals surface area contributed by atoms with Crippen LogP contribution in [-0.2, 0) is 65.4 Å². The van der Waals surface area contributed by atoms with Gasteiger partial charge < -0.3 is 33.8 Å². The number of phosphoric acid groups is 2. The van der Waals surface area contributed by atoms with Gasteiger partial charge in [-0.25, -0.2) is 9.13 Å². The Morgan fingerprint density at radius 2 is 0.543 bits per heavy atom. The van der Waals surface area contributed by atoms with Gasteiger partial charge in [0.2, 0.25) is 0 Å². The molecule has 17 nitrogen and oxygen atoms in total. The van der Waals surface area contributed by atoms with E-state index in [1.807, 2.05) is 0 Å². The molecule has 0 spiro atoms. The molecule has 0 aromatic heterocycles. The Morgan fingerprint density at radius 3 is 0.809 bits per heavy atom. The van der Waals surface area contributed by atoms with Crippen molar-refractivity contribution in [2.75, 3.05) is 39.6 Å². The van der Waals surface area contributed by atoms with Crippen LogP contribution in [0, 0.1) is 11.8 Å². The Bertz CT molecular complexity index is 1820. The molecule has 0 aromatic carbocycles. The molecule has 3 unspecified atom stereocenters. The van der Waals surface area contributed by atoms with Gasteiger partial charge in [-0.1, -0.05) is 337 Å². The summed E-state index contributed by atoms with van der Waals surface area (Å²) in [5.41, 5.74) is 0. The molecule has 0 saturated carbocycles. The molecule has 0 saturated heterocycles. The Kier molecular flexibility index (Phi) is 65.5. The first-order valence-corrected chi connectivity index (χ1v) is 42.0. The number of hydrogen-bond donors (Lipinski definition) is 3. The van der Waals surface area contributed by atoms with Crippen molar-refractivity contribution in [3.05, 3.63) is 0 Å². The minimum Gasteiger partial charge on any atom is -0.462 e. The fraction of sp³-hybridized carbons (Fsp3) is 0.947. The summed E-state index contributed by atoms with van der Waals surface area (Å²) in [5, 5.41) is 10.6. The molecule has 558 valence electrons. The van der Waals surface area contributed by atoms with Gasteiger partial charge in [0.25, 0.3) is 0 Å². The Hall–Kier alpha value is -1.94. The van der Waals surface area contributed by atoms with Crippen LogP contribution in [0.1, 0.15) is 388 Å². The van der Waals surface area contributed by atoms with E-state index in [1.54, 1.807) is 0 Å². The molecule has 0 heterocycles. The Morgan fingerprint density at radius 1 is 0.309 bits per heavy atom. The normalized spacial score (nSPS) is 14.3. The summed E-state index contributed by atoms with van der Waals surface area (Å²) in [6.07, 6.45) is 54.2. The highest BCUT2D eigenvalue weighted by molar-refractivity contribution is 7.47. The van der Waals surface area contributed by atoms with Crippen molar-refractivity contribution >= 4 is 39.5 Å². The average Bonchev–Trinajstić information content (AvgIpc) is 1.45. The van der Waals surface area contributed by atoms with Crippen LogP contribution in [0.15, 0.2) is 0 Å². The zero-order valence-corrected chi connectivity index (χ0v) is 63.1. The number of aliphatic hydroxyl groups excluding tert-OH is 1. The number of aliphatic hydroxyl groups is 1. The maximum absolute atomic E-state index is 13.1. The highest BCUT2D eigenvalue weighted by atomic mass is 31.2. The fourth-order valence-corrected chi connectivity index (χ4v) is 13.0. The third kappa shape index (κ3) is 67.3. The van der Waals surface area contributed by atoms with Gasteiger partial charge in [0.15, 0.2) is 12.2 Å². The first kappa shape index (κ1) is 92.1. The second-order valence-corrected chi connectivity index (χ2v) is 30.7. The number of carbonyl (C=O) groups excluding carboxylic acids is 4. The zero-order chi connectivity index (χ0) is 69.3. The van der Waals surface area contributed by atoms with E-state index in [1.165, 1.54) is 199 Å². The monoisotopic (exact) mass is 1380 g/mol. The summed E-state index contributed by atoms with van der Waals surface area (Å²) in [6, 6.07) is 0. The van der Waals surface area contributed by atoms with Gasteiger partial charge in [-0.05, 0) is 37.5 Å². The van der Waals surface area contributed by atoms with Crippen LogP contribution in [0.2, 0.25) is 0 Å². The highest BCUT2D eigenvalue weighted by Gasteiger charge is 2.30. The highest BCUT2D eigenvalue weighted by Crippen LogP contribution is 2.45. The molecule has 0 radical (unpaired) electrons. The summed E-state index contributed by atoms with van der Waals surface area (Å²) in [5.74, 6) is -0.671. The molecule has 6 atom stereocenters. The number of phosphoric ester groups is 2. The van der Waals surface area contributed by atoms with E-state index in [9.17, 15) is 43.2 Å². The molecule has 0 rings (SSSR count). The molecular formula is C75H146O17P2. The molecule has 19 heteroatoms. The molecule has 0 amide bonds. The molecule has 0 fully saturated rings. The van der Waals surface area contributed by atoms with E-state index in [-0.39, 0.29) is 25.7 Å². The van der Waals surface area contributed by atoms with E-state index >= 15 is 0 Å². The quantitative estimate of drug-likeness (QED) is 0.0222. The SMILES string of the molecule is CCCCCCCCCCCCCCCCCCCCC(=O)O[C@H](COC(=O)CCCCCCCCCCCCCCCCC)COP(=O)(O)OC[C@@H](O)COP(=O)(O)OC[C@@H](COC(=O)CCCCCCCCC(C)C)OC(=O)CCCCCCCCCCC(C)CC. The summed E-state index contributed by atoms with van der Waals surface area (Å²) in [6.45, 7) is 9.50. The largest absolute Gasteiger partial charge is 0.472 e. The smallest absolute Gasteiger partial charge is 0.462 e. The molecule has 0 aromatic rings. The van der Waals surface area contributed by atoms with Crippen LogP contribution in [0.25, 0.3) is 0 Å². The summed E-state index contributed by atoms with van der Waals surface area (Å²) in [7, 11) is -9.91. The van der Waals surface area contributed by atoms with Gasteiger partial charge >= 0.3 is 39.5 Å². The average molecular weight is 1380 g/mol. The summed E-state index contributed by atoms with van der Waals surface area (Å²) < 4.78 is 68.5. The molecule has 0 aliphatic heterocycles. The summed E-state index contributed by atoms with van der Waals surface area (Å²) >= 11 is 0. The first-order valence-electron chi connectivity index (χ1n) is 39.0. The number of rotatable bonds is 74. The van der Waals surface area contributed by atoms with Crippen molar-refractivity contribution in [2.24, 2.45) is 11.8 Å². The van der Waals surface area contributed by atoms with Crippen molar-refractivity contribution in [3.63, 3.8) is 0 Å². The lowest BCUT2D eigenvalue weighted by molar-refractivity contribution is -0.161. The maximum Gasteiger partial charge on any atom is 0.472 e. The second-order valence-electron chi connectivity index (χ2n) is 27.8. The van der Waals surface area contributed by atoms with E-state index in [2.05, 4.69) is 41.5 Å². The van der Waals surface area contributed by atoms with E-state index in [4.69, 9.17) is 37.0 Å². The third-order valence-electron chi connectivity index (χ3n) is 17.8. The molecule has 0 aliphatic carbocycles. The van der Waals surface area contributed by atoms with Crippen molar-refractivity contribution in [1.29, 1.82) is 0 Å². The molecule has 0 bridgehead atoms. The number of hydrogen-bond acceptors (Lipinski definition) is 15. The fourth-order valence-electron chi connectivity index (χ4n) is 11.4. The van der Waals surface area contributed by atoms with Gasteiger partial charge in [0, 0.05) is 25.7 Å². The van der Waals surface area contributed by atoms with Crippen LogP contribution in [0.5, 0.6) is 0 Å². The van der Waals surface area contributed by atoms with E-state index in [0.29, 0.717) is 31.6 Å². The number of carbonyl (C=O) groups is 4. The molecule has 0 aliphatic rings. The van der Waals surface area contributed by atoms with E-state index < -0.39 is 97.5 Å². The zero-order valence-electron chi connectivity index (χ0n) is 61.3. The van der Waals surface area contributed by atoms with Crippen molar-refractivity contribution in [3.8, 4) is 0 Å². The van der Waals surface area contributed by atoms with Crippen LogP contribution < -0.4 is 0 Å². The van der Waals surface area contributed by atoms with Crippen LogP contribution in [0.4, 0.5) is 0 Å². The number of unbranched alkanes of at least 4 members (excludes halogenated alkanes) is 43. The van der Waals surface area contributed by atoms with Gasteiger partial charge in [0.1, 0.15) is 19.3 Å². The van der Waals surface area contributed by atoms with Crippen LogP contribution in [-0.4, -0.2) is 96.7 Å². The van der Waals surface area contributed by atoms with E-state index in [0.717, 1.165) is 102 Å². The first-order chi connectivity index (χ1) is 45.4. The molecule has 3 N–H and O–H groups in total. The number of ether oxygens (including phenoxy) is 4. The minimum absolute atomic E-state index is 0.104. The Labute approximate surface area is 575 Å². The van der Waals surface area contributed by atoms with Gasteiger partial charge in [-0.3, -0.25) is 37.3 Å². The standard InChI is InChI=1S/C75H146O17P2/c1-7-10-12-14-16-18-20-22-24-25-26-28-30-32-34-39-47-53-59-74(79)91-70(63-85-72(77)57-51-45-38-33-31-29-27-23-21-19-17-15-13-11-8-2)65-89-93(81,82)87-61-69(76)62-88-94(83,84)90-66-71(64-86-73(78)58-52-46-42-41-43-49-55-67(4)5)92-75(80)60-54-48-40-36-35-37-44-50-56-68(6)9-3/h67-71,76H,7-66H2,1-6H3,(H,81,82)(H,83,84)/t68?,69-,70-,71-/m1/s1. The lowest BCUT2D eigenvalue weighted by Gasteiger charge is -2.21. The third-order valence-corrected chi connectivity index (χ3v) is 19.7. The molecule has 94 heavy (non-hydrogen) atoms. The topological polar surface area (TPSA) is 237 Å². The summed E-state index contributed by atoms with van der Waals surface area (Å²) in [4.78, 5) is 72.7. The predicted octanol–water partition coefficient (Wildman–Crippen LogP) is 21.9. The van der Waals surface area contributed by atoms with Crippen molar-refractivity contribution in [2.45, 2.75) is 407 Å². The van der Waals surface area contributed by atoms with Crippen molar-refractivity contribution < 1.29 is 80.2 Å². The minimum atomic E-state index is -4.96. The second kappa shape index (κ2) is 66.9. The van der Waals surface area contributed by atoms with Crippen LogP contribution in [0.3, 0.4) is 0 Å². The van der Waals surface area contributed by atoms with Gasteiger partial charge in [0.05, 0.1) is 26.4 Å².